The van der Waals surface area contributed by atoms with Crippen LogP contribution in [0.5, 0.6) is 0 Å². The van der Waals surface area contributed by atoms with Gasteiger partial charge in [0, 0.05) is 18.7 Å². The number of allylic oxidation sites excluding steroid dienone is 2. The molecule has 0 radical (unpaired) electrons. The number of nitrogens with zero attached hydrogens (tertiary/aromatic N) is 1. The molecular weight excluding hydrogens is 304 g/mol. The average Bonchev–Trinajstić information content (AvgIpc) is 2.37. The number of hydrogen-bond donors (Lipinski definition) is 2. The molecule has 0 saturated heterocycles. The maximum Gasteiger partial charge on any atom is 0.337 e. The van der Waals surface area contributed by atoms with Gasteiger partial charge in [-0.2, -0.15) is 0 Å². The number of carboxylic acid groups (broad SMARTS) is 1. The second kappa shape index (κ2) is 5.18. The Bertz CT molecular complexity index is 725. The molecule has 1 aromatic carbocycles. The number of aromatic carboxylic acids is 1. The van der Waals surface area contributed by atoms with Gasteiger partial charge in [-0.1, -0.05) is 11.6 Å². The first-order valence-electron chi connectivity index (χ1n) is 5.46. The summed E-state index contributed by atoms with van der Waals surface area (Å²) in [5.41, 5.74) is 2.82. The zero-order chi connectivity index (χ0) is 14.9. The quantitative estimate of drug-likeness (QED) is 0.884. The lowest BCUT2D eigenvalue weighted by Crippen LogP contribution is -2.31. The van der Waals surface area contributed by atoms with E-state index >= 15 is 0 Å². The van der Waals surface area contributed by atoms with Crippen LogP contribution in [-0.4, -0.2) is 25.7 Å². The van der Waals surface area contributed by atoms with Gasteiger partial charge in [0.1, 0.15) is 0 Å². The predicted octanol–water partition coefficient (Wildman–Crippen LogP) is 1.79. The first-order valence-corrected chi connectivity index (χ1v) is 7.73. The number of carbonyl (C=O) groups is 1. The minimum absolute atomic E-state index is 0.0374. The number of hydrazine groups is 1. The highest BCUT2D eigenvalue weighted by Crippen LogP contribution is 2.31. The van der Waals surface area contributed by atoms with E-state index in [1.54, 1.807) is 24.6 Å². The van der Waals surface area contributed by atoms with Crippen LogP contribution in [0.15, 0.2) is 41.6 Å². The number of halogens is 1. The molecule has 0 amide bonds. The fourth-order valence-corrected chi connectivity index (χ4v) is 2.81. The standard InChI is InChI=1S/C12H11ClN2O4S/c1-20(18,19)11-6-8(12(16)17)9(13)7-10(11)15-5-3-2-4-14-15/h2-7,14H,1H3,(H,16,17). The maximum atomic E-state index is 11.8. The van der Waals surface area contributed by atoms with Gasteiger partial charge in [0.25, 0.3) is 0 Å². The fourth-order valence-electron chi connectivity index (χ4n) is 1.70. The average molecular weight is 315 g/mol. The van der Waals surface area contributed by atoms with E-state index in [1.807, 2.05) is 0 Å². The van der Waals surface area contributed by atoms with Crippen LogP contribution in [0.1, 0.15) is 10.4 Å². The van der Waals surface area contributed by atoms with E-state index in [9.17, 15) is 13.2 Å². The van der Waals surface area contributed by atoms with E-state index in [2.05, 4.69) is 5.43 Å². The molecule has 0 bridgehead atoms. The van der Waals surface area contributed by atoms with Crippen LogP contribution in [0, 0.1) is 0 Å². The Hall–Kier alpha value is -1.99. The van der Waals surface area contributed by atoms with E-state index in [0.29, 0.717) is 0 Å². The number of sulfone groups is 1. The first-order chi connectivity index (χ1) is 9.30. The molecule has 0 atom stereocenters. The lowest BCUT2D eigenvalue weighted by Gasteiger charge is -2.24. The number of rotatable bonds is 3. The normalized spacial score (nSPS) is 14.2. The Kier molecular flexibility index (Phi) is 3.74. The zero-order valence-corrected chi connectivity index (χ0v) is 11.9. The van der Waals surface area contributed by atoms with Gasteiger partial charge in [-0.25, -0.2) is 13.2 Å². The summed E-state index contributed by atoms with van der Waals surface area (Å²) in [7, 11) is -3.62. The number of nitrogens with one attached hydrogen (secondary N) is 1. The molecule has 0 aliphatic carbocycles. The number of hydrogen-bond acceptors (Lipinski definition) is 5. The van der Waals surface area contributed by atoms with Gasteiger partial charge >= 0.3 is 5.97 Å². The van der Waals surface area contributed by atoms with Gasteiger partial charge in [0.2, 0.25) is 0 Å². The van der Waals surface area contributed by atoms with Crippen molar-refractivity contribution in [3.05, 3.63) is 47.3 Å². The van der Waals surface area contributed by atoms with Crippen LogP contribution in [0.2, 0.25) is 5.02 Å². The Morgan fingerprint density at radius 1 is 1.35 bits per heavy atom. The zero-order valence-electron chi connectivity index (χ0n) is 10.4. The van der Waals surface area contributed by atoms with Crippen molar-refractivity contribution < 1.29 is 18.3 Å². The van der Waals surface area contributed by atoms with E-state index < -0.39 is 15.8 Å². The molecule has 6 nitrogen and oxygen atoms in total. The Balaban J connectivity index is 2.67. The third-order valence-electron chi connectivity index (χ3n) is 2.59. The summed E-state index contributed by atoms with van der Waals surface area (Å²) in [4.78, 5) is 10.9. The highest BCUT2D eigenvalue weighted by molar-refractivity contribution is 7.90. The van der Waals surface area contributed by atoms with Crippen LogP contribution in [0.3, 0.4) is 0 Å². The van der Waals surface area contributed by atoms with Crippen molar-refractivity contribution in [2.24, 2.45) is 0 Å². The van der Waals surface area contributed by atoms with E-state index in [4.69, 9.17) is 16.7 Å². The maximum absolute atomic E-state index is 11.8. The molecule has 1 aromatic rings. The third kappa shape index (κ3) is 2.78. The van der Waals surface area contributed by atoms with Crippen molar-refractivity contribution in [3.63, 3.8) is 0 Å². The minimum Gasteiger partial charge on any atom is -0.478 e. The molecule has 0 saturated carbocycles. The summed E-state index contributed by atoms with van der Waals surface area (Å²) in [6, 6.07) is 2.36. The largest absolute Gasteiger partial charge is 0.478 e. The monoisotopic (exact) mass is 314 g/mol. The third-order valence-corrected chi connectivity index (χ3v) is 4.03. The first kappa shape index (κ1) is 14.4. The van der Waals surface area contributed by atoms with E-state index in [0.717, 1.165) is 12.3 Å². The van der Waals surface area contributed by atoms with Gasteiger partial charge in [-0.15, -0.1) is 0 Å². The molecule has 1 aliphatic rings. The molecule has 20 heavy (non-hydrogen) atoms. The second-order valence-corrected chi connectivity index (χ2v) is 6.47. The lowest BCUT2D eigenvalue weighted by atomic mass is 10.2. The summed E-state index contributed by atoms with van der Waals surface area (Å²) in [6.45, 7) is 0. The molecular formula is C12H11ClN2O4S. The van der Waals surface area contributed by atoms with Gasteiger partial charge in [-0.05, 0) is 24.3 Å². The lowest BCUT2D eigenvalue weighted by molar-refractivity contribution is 0.0697. The molecule has 1 aliphatic heterocycles. The van der Waals surface area contributed by atoms with E-state index in [-0.39, 0.29) is 21.2 Å². The van der Waals surface area contributed by atoms with Crippen LogP contribution in [0.4, 0.5) is 5.69 Å². The van der Waals surface area contributed by atoms with Crippen molar-refractivity contribution in [1.82, 2.24) is 5.43 Å². The van der Waals surface area contributed by atoms with Gasteiger partial charge in [0.05, 0.1) is 21.2 Å². The highest BCUT2D eigenvalue weighted by atomic mass is 35.5. The van der Waals surface area contributed by atoms with Crippen molar-refractivity contribution in [3.8, 4) is 0 Å². The molecule has 2 N–H and O–H groups in total. The van der Waals surface area contributed by atoms with Gasteiger partial charge < -0.3 is 10.5 Å². The van der Waals surface area contributed by atoms with Crippen LogP contribution in [-0.2, 0) is 9.84 Å². The van der Waals surface area contributed by atoms with Crippen LogP contribution >= 0.6 is 11.6 Å². The molecule has 0 unspecified atom stereocenters. The molecule has 1 heterocycles. The molecule has 8 heteroatoms. The summed E-state index contributed by atoms with van der Waals surface area (Å²) in [5.74, 6) is -1.28. The Morgan fingerprint density at radius 3 is 2.55 bits per heavy atom. The van der Waals surface area contributed by atoms with Crippen molar-refractivity contribution in [2.75, 3.05) is 11.3 Å². The number of carboxylic acids is 1. The van der Waals surface area contributed by atoms with Gasteiger partial charge in [-0.3, -0.25) is 5.01 Å². The Labute approximate surface area is 120 Å². The van der Waals surface area contributed by atoms with Crippen molar-refractivity contribution >= 4 is 33.1 Å². The highest BCUT2D eigenvalue weighted by Gasteiger charge is 2.22. The molecule has 0 spiro atoms. The summed E-state index contributed by atoms with van der Waals surface area (Å²) in [5, 5.41) is 10.4. The number of benzene rings is 1. The van der Waals surface area contributed by atoms with Crippen LogP contribution in [0.25, 0.3) is 0 Å². The topological polar surface area (TPSA) is 86.7 Å². The van der Waals surface area contributed by atoms with Crippen molar-refractivity contribution in [2.45, 2.75) is 4.90 Å². The van der Waals surface area contributed by atoms with Gasteiger partial charge in [0.15, 0.2) is 9.84 Å². The summed E-state index contributed by atoms with van der Waals surface area (Å²) >= 11 is 5.89. The van der Waals surface area contributed by atoms with E-state index in [1.165, 1.54) is 11.1 Å². The van der Waals surface area contributed by atoms with Crippen LogP contribution < -0.4 is 10.4 Å². The summed E-state index contributed by atoms with van der Waals surface area (Å²) in [6.07, 6.45) is 7.63. The Morgan fingerprint density at radius 2 is 2.05 bits per heavy atom. The van der Waals surface area contributed by atoms with Crippen molar-refractivity contribution in [1.29, 1.82) is 0 Å². The summed E-state index contributed by atoms with van der Waals surface area (Å²) < 4.78 is 23.7. The molecule has 0 fully saturated rings. The second-order valence-electron chi connectivity index (χ2n) is 4.08. The molecule has 0 aromatic heterocycles. The SMILES string of the molecule is CS(=O)(=O)c1cc(C(=O)O)c(Cl)cc1N1C=CC=CN1. The minimum atomic E-state index is -3.62. The smallest absolute Gasteiger partial charge is 0.337 e. The fraction of sp³-hybridized carbons (Fsp3) is 0.0833. The number of anilines is 1. The predicted molar refractivity (Wildman–Crippen MR) is 75.4 cm³/mol. The molecule has 2 rings (SSSR count). The molecule has 106 valence electrons.